The first-order chi connectivity index (χ1) is 11.2. The SMILES string of the molecule is COC(=O)Cc1ccc(OCc2nc(-c3ccsc3)no2)cc1. The third kappa shape index (κ3) is 3.95. The maximum Gasteiger partial charge on any atom is 0.309 e. The number of hydrogen-bond donors (Lipinski definition) is 0. The number of rotatable bonds is 6. The van der Waals surface area contributed by atoms with Gasteiger partial charge in [-0.15, -0.1) is 0 Å². The minimum absolute atomic E-state index is 0.188. The molecular weight excluding hydrogens is 316 g/mol. The minimum Gasteiger partial charge on any atom is -0.484 e. The van der Waals surface area contributed by atoms with Gasteiger partial charge in [0.1, 0.15) is 5.75 Å². The van der Waals surface area contributed by atoms with Crippen LogP contribution in [0.4, 0.5) is 0 Å². The average molecular weight is 330 g/mol. The Morgan fingerprint density at radius 3 is 2.78 bits per heavy atom. The van der Waals surface area contributed by atoms with E-state index in [4.69, 9.17) is 9.26 Å². The molecule has 0 aliphatic rings. The van der Waals surface area contributed by atoms with Crippen LogP contribution in [0.15, 0.2) is 45.6 Å². The predicted octanol–water partition coefficient (Wildman–Crippen LogP) is 3.09. The van der Waals surface area contributed by atoms with Gasteiger partial charge in [-0.3, -0.25) is 4.79 Å². The Balaban J connectivity index is 1.57. The molecule has 0 aliphatic carbocycles. The van der Waals surface area contributed by atoms with Crippen molar-refractivity contribution in [1.82, 2.24) is 10.1 Å². The van der Waals surface area contributed by atoms with Gasteiger partial charge in [-0.05, 0) is 29.1 Å². The van der Waals surface area contributed by atoms with Crippen LogP contribution in [0.2, 0.25) is 0 Å². The lowest BCUT2D eigenvalue weighted by Crippen LogP contribution is -2.04. The topological polar surface area (TPSA) is 74.5 Å². The molecule has 0 fully saturated rings. The van der Waals surface area contributed by atoms with Crippen molar-refractivity contribution in [2.24, 2.45) is 0 Å². The van der Waals surface area contributed by atoms with Crippen molar-refractivity contribution < 1.29 is 18.8 Å². The highest BCUT2D eigenvalue weighted by atomic mass is 32.1. The average Bonchev–Trinajstić information content (AvgIpc) is 3.25. The molecular formula is C16H14N2O4S. The fourth-order valence-corrected chi connectivity index (χ4v) is 2.54. The molecule has 0 saturated heterocycles. The molecule has 0 saturated carbocycles. The Kier molecular flexibility index (Phi) is 4.68. The maximum absolute atomic E-state index is 11.2. The standard InChI is InChI=1S/C16H14N2O4S/c1-20-15(19)8-11-2-4-13(5-3-11)21-9-14-17-16(18-22-14)12-6-7-23-10-12/h2-7,10H,8-9H2,1H3. The Morgan fingerprint density at radius 2 is 2.09 bits per heavy atom. The third-order valence-electron chi connectivity index (χ3n) is 3.11. The number of benzene rings is 1. The van der Waals surface area contributed by atoms with Gasteiger partial charge in [0.15, 0.2) is 6.61 Å². The molecule has 0 spiro atoms. The summed E-state index contributed by atoms with van der Waals surface area (Å²) in [6, 6.07) is 9.14. The lowest BCUT2D eigenvalue weighted by Gasteiger charge is -2.04. The van der Waals surface area contributed by atoms with Gasteiger partial charge in [-0.25, -0.2) is 0 Å². The monoisotopic (exact) mass is 330 g/mol. The summed E-state index contributed by atoms with van der Waals surface area (Å²) in [7, 11) is 1.37. The van der Waals surface area contributed by atoms with Crippen LogP contribution in [0.25, 0.3) is 11.4 Å². The van der Waals surface area contributed by atoms with Crippen molar-refractivity contribution in [2.75, 3.05) is 7.11 Å². The quantitative estimate of drug-likeness (QED) is 0.647. The second kappa shape index (κ2) is 7.06. The number of ether oxygens (including phenoxy) is 2. The van der Waals surface area contributed by atoms with E-state index in [0.717, 1.165) is 11.1 Å². The summed E-state index contributed by atoms with van der Waals surface area (Å²) in [4.78, 5) is 15.5. The molecule has 2 aromatic heterocycles. The second-order valence-corrected chi connectivity index (χ2v) is 5.49. The van der Waals surface area contributed by atoms with E-state index >= 15 is 0 Å². The van der Waals surface area contributed by atoms with Crippen LogP contribution < -0.4 is 4.74 Å². The van der Waals surface area contributed by atoms with Crippen LogP contribution in [0.3, 0.4) is 0 Å². The van der Waals surface area contributed by atoms with E-state index < -0.39 is 0 Å². The van der Waals surface area contributed by atoms with Gasteiger partial charge < -0.3 is 14.0 Å². The predicted molar refractivity (Wildman–Crippen MR) is 84.1 cm³/mol. The fourth-order valence-electron chi connectivity index (χ4n) is 1.91. The molecule has 3 rings (SSSR count). The number of aromatic nitrogens is 2. The number of carbonyl (C=O) groups is 1. The van der Waals surface area contributed by atoms with E-state index in [0.29, 0.717) is 17.5 Å². The van der Waals surface area contributed by atoms with Crippen LogP contribution in [0.1, 0.15) is 11.5 Å². The summed E-state index contributed by atoms with van der Waals surface area (Å²) in [5, 5.41) is 7.83. The smallest absolute Gasteiger partial charge is 0.309 e. The Morgan fingerprint density at radius 1 is 1.26 bits per heavy atom. The molecule has 6 nitrogen and oxygen atoms in total. The van der Waals surface area contributed by atoms with Crippen molar-refractivity contribution >= 4 is 17.3 Å². The summed E-state index contributed by atoms with van der Waals surface area (Å²) in [6.07, 6.45) is 0.241. The van der Waals surface area contributed by atoms with Crippen molar-refractivity contribution in [1.29, 1.82) is 0 Å². The molecule has 118 valence electrons. The van der Waals surface area contributed by atoms with E-state index in [2.05, 4.69) is 14.9 Å². The first kappa shape index (κ1) is 15.2. The van der Waals surface area contributed by atoms with Gasteiger partial charge in [0.05, 0.1) is 13.5 Å². The van der Waals surface area contributed by atoms with Gasteiger partial charge >= 0.3 is 5.97 Å². The molecule has 0 atom stereocenters. The summed E-state index contributed by atoms with van der Waals surface area (Å²) in [6.45, 7) is 0.188. The number of thiophene rings is 1. The van der Waals surface area contributed by atoms with Crippen molar-refractivity contribution in [3.63, 3.8) is 0 Å². The summed E-state index contributed by atoms with van der Waals surface area (Å²) in [5.74, 6) is 1.35. The highest BCUT2D eigenvalue weighted by Gasteiger charge is 2.09. The second-order valence-electron chi connectivity index (χ2n) is 4.71. The number of hydrogen-bond acceptors (Lipinski definition) is 7. The Hall–Kier alpha value is -2.67. The van der Waals surface area contributed by atoms with Crippen LogP contribution in [0, 0.1) is 0 Å². The fraction of sp³-hybridized carbons (Fsp3) is 0.188. The molecule has 3 aromatic rings. The molecule has 0 bridgehead atoms. The first-order valence-corrected chi connectivity index (χ1v) is 7.82. The Labute approximate surface area is 136 Å². The number of carbonyl (C=O) groups excluding carboxylic acids is 1. The molecule has 23 heavy (non-hydrogen) atoms. The maximum atomic E-state index is 11.2. The lowest BCUT2D eigenvalue weighted by molar-refractivity contribution is -0.139. The van der Waals surface area contributed by atoms with E-state index in [9.17, 15) is 4.79 Å². The number of nitrogens with zero attached hydrogens (tertiary/aromatic N) is 2. The molecule has 0 N–H and O–H groups in total. The normalized spacial score (nSPS) is 10.5. The largest absolute Gasteiger partial charge is 0.484 e. The van der Waals surface area contributed by atoms with Gasteiger partial charge in [0.2, 0.25) is 5.82 Å². The lowest BCUT2D eigenvalue weighted by atomic mass is 10.1. The zero-order valence-corrected chi connectivity index (χ0v) is 13.2. The number of methoxy groups -OCH3 is 1. The van der Waals surface area contributed by atoms with E-state index in [-0.39, 0.29) is 19.0 Å². The Bertz CT molecular complexity index is 766. The van der Waals surface area contributed by atoms with E-state index in [1.807, 2.05) is 29.0 Å². The van der Waals surface area contributed by atoms with Crippen molar-refractivity contribution in [2.45, 2.75) is 13.0 Å². The van der Waals surface area contributed by atoms with E-state index in [1.165, 1.54) is 7.11 Å². The molecule has 0 radical (unpaired) electrons. The molecule has 0 unspecified atom stereocenters. The van der Waals surface area contributed by atoms with Gasteiger partial charge in [0.25, 0.3) is 5.89 Å². The highest BCUT2D eigenvalue weighted by Crippen LogP contribution is 2.19. The van der Waals surface area contributed by atoms with Gasteiger partial charge in [-0.2, -0.15) is 16.3 Å². The highest BCUT2D eigenvalue weighted by molar-refractivity contribution is 7.08. The zero-order chi connectivity index (χ0) is 16.1. The third-order valence-corrected chi connectivity index (χ3v) is 3.79. The summed E-state index contributed by atoms with van der Waals surface area (Å²) < 4.78 is 15.4. The van der Waals surface area contributed by atoms with Gasteiger partial charge in [0, 0.05) is 10.9 Å². The van der Waals surface area contributed by atoms with Crippen LogP contribution >= 0.6 is 11.3 Å². The zero-order valence-electron chi connectivity index (χ0n) is 12.4. The van der Waals surface area contributed by atoms with E-state index in [1.54, 1.807) is 23.5 Å². The minimum atomic E-state index is -0.273. The first-order valence-electron chi connectivity index (χ1n) is 6.88. The molecule has 0 amide bonds. The van der Waals surface area contributed by atoms with Crippen LogP contribution in [-0.2, 0) is 22.6 Å². The molecule has 7 heteroatoms. The van der Waals surface area contributed by atoms with Gasteiger partial charge in [-0.1, -0.05) is 17.3 Å². The summed E-state index contributed by atoms with van der Waals surface area (Å²) >= 11 is 1.58. The van der Waals surface area contributed by atoms with Crippen molar-refractivity contribution in [3.8, 4) is 17.1 Å². The number of esters is 1. The molecule has 0 aliphatic heterocycles. The van der Waals surface area contributed by atoms with Crippen LogP contribution in [-0.4, -0.2) is 23.2 Å². The summed E-state index contributed by atoms with van der Waals surface area (Å²) in [5.41, 5.74) is 1.79. The molecule has 2 heterocycles. The van der Waals surface area contributed by atoms with Crippen molar-refractivity contribution in [3.05, 3.63) is 52.5 Å². The van der Waals surface area contributed by atoms with Crippen LogP contribution in [0.5, 0.6) is 5.75 Å². The molecule has 1 aromatic carbocycles.